The fourth-order valence-corrected chi connectivity index (χ4v) is 3.89. The molecule has 1 amide bonds. The van der Waals surface area contributed by atoms with Crippen LogP contribution in [0.3, 0.4) is 0 Å². The zero-order valence-corrected chi connectivity index (χ0v) is 12.3. The van der Waals surface area contributed by atoms with Crippen LogP contribution in [-0.4, -0.2) is 29.2 Å². The molecule has 1 saturated heterocycles. The van der Waals surface area contributed by atoms with Gasteiger partial charge < -0.3 is 4.90 Å². The van der Waals surface area contributed by atoms with Crippen LogP contribution in [0.15, 0.2) is 30.3 Å². The molecule has 1 aliphatic heterocycles. The molecule has 4 heteroatoms. The van der Waals surface area contributed by atoms with Crippen LogP contribution in [0.1, 0.15) is 35.9 Å². The lowest BCUT2D eigenvalue weighted by molar-refractivity contribution is -0.117. The van der Waals surface area contributed by atoms with Crippen LogP contribution >= 0.6 is 11.3 Å². The van der Waals surface area contributed by atoms with E-state index in [0.717, 1.165) is 34.3 Å². The molecule has 1 aromatic carbocycles. The Balaban J connectivity index is 1.85. The topological polar surface area (TPSA) is 37.4 Å². The lowest BCUT2D eigenvalue weighted by Gasteiger charge is -2.23. The predicted octanol–water partition coefficient (Wildman–Crippen LogP) is 3.49. The summed E-state index contributed by atoms with van der Waals surface area (Å²) in [7, 11) is 0. The first-order valence-electron chi connectivity index (χ1n) is 6.94. The quantitative estimate of drug-likeness (QED) is 0.866. The normalized spacial score (nSPS) is 18.6. The Morgan fingerprint density at radius 1 is 1.35 bits per heavy atom. The first-order chi connectivity index (χ1) is 9.65. The molecule has 3 rings (SSSR count). The van der Waals surface area contributed by atoms with Crippen LogP contribution < -0.4 is 0 Å². The average molecular weight is 287 g/mol. The van der Waals surface area contributed by atoms with Gasteiger partial charge in [-0.25, -0.2) is 0 Å². The van der Waals surface area contributed by atoms with E-state index in [1.165, 1.54) is 11.3 Å². The summed E-state index contributed by atoms with van der Waals surface area (Å²) in [5.41, 5.74) is 0. The van der Waals surface area contributed by atoms with Crippen LogP contribution in [0.25, 0.3) is 10.1 Å². The first kappa shape index (κ1) is 13.3. The molecule has 104 valence electrons. The zero-order chi connectivity index (χ0) is 14.1. The van der Waals surface area contributed by atoms with Crippen LogP contribution in [0.4, 0.5) is 0 Å². The standard InChI is InChI=1S/C16H17NO2S/c1-11(18)9-13-6-4-8-17(13)16(19)15-10-12-5-2-3-7-14(12)20-15/h2-3,5,7,10,13H,4,6,8-9H2,1H3. The second-order valence-corrected chi connectivity index (χ2v) is 6.43. The van der Waals surface area contributed by atoms with E-state index in [1.807, 2.05) is 35.2 Å². The van der Waals surface area contributed by atoms with E-state index in [2.05, 4.69) is 0 Å². The predicted molar refractivity (Wildman–Crippen MR) is 81.2 cm³/mol. The lowest BCUT2D eigenvalue weighted by Crippen LogP contribution is -2.36. The number of hydrogen-bond donors (Lipinski definition) is 0. The molecule has 1 unspecified atom stereocenters. The number of rotatable bonds is 3. The molecule has 1 fully saturated rings. The van der Waals surface area contributed by atoms with E-state index in [-0.39, 0.29) is 17.7 Å². The molecule has 2 heterocycles. The Kier molecular flexibility index (Phi) is 3.57. The van der Waals surface area contributed by atoms with E-state index >= 15 is 0 Å². The second-order valence-electron chi connectivity index (χ2n) is 5.35. The van der Waals surface area contributed by atoms with Crippen LogP contribution in [0.2, 0.25) is 0 Å². The van der Waals surface area contributed by atoms with Crippen molar-refractivity contribution in [2.24, 2.45) is 0 Å². The number of amides is 1. The van der Waals surface area contributed by atoms with Crippen molar-refractivity contribution in [3.05, 3.63) is 35.2 Å². The van der Waals surface area contributed by atoms with Gasteiger partial charge in [0.25, 0.3) is 5.91 Å². The molecule has 2 aromatic rings. The molecule has 1 atom stereocenters. The molecule has 0 saturated carbocycles. The summed E-state index contributed by atoms with van der Waals surface area (Å²) in [5.74, 6) is 0.237. The largest absolute Gasteiger partial charge is 0.335 e. The molecule has 0 N–H and O–H groups in total. The molecular formula is C16H17NO2S. The Morgan fingerprint density at radius 3 is 2.90 bits per heavy atom. The van der Waals surface area contributed by atoms with Crippen molar-refractivity contribution < 1.29 is 9.59 Å². The van der Waals surface area contributed by atoms with Gasteiger partial charge in [0.2, 0.25) is 0 Å². The number of benzene rings is 1. The van der Waals surface area contributed by atoms with Crippen LogP contribution in [-0.2, 0) is 4.79 Å². The molecule has 0 bridgehead atoms. The minimum absolute atomic E-state index is 0.0787. The summed E-state index contributed by atoms with van der Waals surface area (Å²) in [5, 5.41) is 1.11. The fraction of sp³-hybridized carbons (Fsp3) is 0.375. The maximum atomic E-state index is 12.6. The molecule has 0 aliphatic carbocycles. The van der Waals surface area contributed by atoms with Gasteiger partial charge in [0.05, 0.1) is 4.88 Å². The van der Waals surface area contributed by atoms with Crippen LogP contribution in [0, 0.1) is 0 Å². The third-order valence-electron chi connectivity index (χ3n) is 3.80. The van der Waals surface area contributed by atoms with Crippen LogP contribution in [0.5, 0.6) is 0 Å². The number of carbonyl (C=O) groups excluding carboxylic acids is 2. The van der Waals surface area contributed by atoms with Gasteiger partial charge in [-0.1, -0.05) is 18.2 Å². The Morgan fingerprint density at radius 2 is 2.15 bits per heavy atom. The van der Waals surface area contributed by atoms with Gasteiger partial charge in [0.15, 0.2) is 0 Å². The van der Waals surface area contributed by atoms with Crippen molar-refractivity contribution in [2.75, 3.05) is 6.54 Å². The molecule has 0 spiro atoms. The molecular weight excluding hydrogens is 270 g/mol. The summed E-state index contributed by atoms with van der Waals surface area (Å²) < 4.78 is 1.14. The minimum atomic E-state index is 0.0787. The summed E-state index contributed by atoms with van der Waals surface area (Å²) in [6.45, 7) is 2.37. The van der Waals surface area contributed by atoms with Crippen molar-refractivity contribution in [1.82, 2.24) is 4.90 Å². The van der Waals surface area contributed by atoms with E-state index in [4.69, 9.17) is 0 Å². The van der Waals surface area contributed by atoms with E-state index in [9.17, 15) is 9.59 Å². The highest BCUT2D eigenvalue weighted by molar-refractivity contribution is 7.20. The van der Waals surface area contributed by atoms with Crippen molar-refractivity contribution in [3.8, 4) is 0 Å². The monoisotopic (exact) mass is 287 g/mol. The minimum Gasteiger partial charge on any atom is -0.335 e. The number of thiophene rings is 1. The summed E-state index contributed by atoms with van der Waals surface area (Å²) in [6.07, 6.45) is 2.42. The molecule has 0 radical (unpaired) electrons. The van der Waals surface area contributed by atoms with Crippen molar-refractivity contribution in [3.63, 3.8) is 0 Å². The number of carbonyl (C=O) groups is 2. The molecule has 1 aromatic heterocycles. The zero-order valence-electron chi connectivity index (χ0n) is 11.5. The highest BCUT2D eigenvalue weighted by atomic mass is 32.1. The molecule has 3 nitrogen and oxygen atoms in total. The van der Waals surface area contributed by atoms with Crippen molar-refractivity contribution in [2.45, 2.75) is 32.2 Å². The van der Waals surface area contributed by atoms with Gasteiger partial charge in [-0.3, -0.25) is 9.59 Å². The highest BCUT2D eigenvalue weighted by Gasteiger charge is 2.30. The smallest absolute Gasteiger partial charge is 0.264 e. The molecule has 1 aliphatic rings. The third-order valence-corrected chi connectivity index (χ3v) is 4.90. The maximum absolute atomic E-state index is 12.6. The Bertz CT molecular complexity index is 628. The number of Topliss-reactive ketones (excluding diaryl/α,β-unsaturated/α-hetero) is 1. The number of ketones is 1. The summed E-state index contributed by atoms with van der Waals surface area (Å²) >= 11 is 1.54. The number of likely N-dealkylation sites (tertiary alicyclic amines) is 1. The van der Waals surface area contributed by atoms with Crippen molar-refractivity contribution in [1.29, 1.82) is 0 Å². The Labute approximate surface area is 122 Å². The second kappa shape index (κ2) is 5.37. The van der Waals surface area contributed by atoms with E-state index in [0.29, 0.717) is 6.42 Å². The Hall–Kier alpha value is -1.68. The van der Waals surface area contributed by atoms with Gasteiger partial charge >= 0.3 is 0 Å². The van der Waals surface area contributed by atoms with Gasteiger partial charge in [-0.2, -0.15) is 0 Å². The van der Waals surface area contributed by atoms with Gasteiger partial charge in [0.1, 0.15) is 5.78 Å². The third kappa shape index (κ3) is 2.48. The number of hydrogen-bond acceptors (Lipinski definition) is 3. The highest BCUT2D eigenvalue weighted by Crippen LogP contribution is 2.29. The fourth-order valence-electron chi connectivity index (χ4n) is 2.88. The number of fused-ring (bicyclic) bond motifs is 1. The SMILES string of the molecule is CC(=O)CC1CCCN1C(=O)c1cc2ccccc2s1. The summed E-state index contributed by atoms with van der Waals surface area (Å²) in [4.78, 5) is 26.6. The average Bonchev–Trinajstić information content (AvgIpc) is 3.03. The van der Waals surface area contributed by atoms with E-state index in [1.54, 1.807) is 6.92 Å². The van der Waals surface area contributed by atoms with E-state index < -0.39 is 0 Å². The number of nitrogens with zero attached hydrogens (tertiary/aromatic N) is 1. The lowest BCUT2D eigenvalue weighted by atomic mass is 10.1. The van der Waals surface area contributed by atoms with Gasteiger partial charge in [-0.15, -0.1) is 11.3 Å². The van der Waals surface area contributed by atoms with Gasteiger partial charge in [-0.05, 0) is 37.3 Å². The first-order valence-corrected chi connectivity index (χ1v) is 7.76. The molecule has 20 heavy (non-hydrogen) atoms. The summed E-state index contributed by atoms with van der Waals surface area (Å²) in [6, 6.07) is 10.1. The maximum Gasteiger partial charge on any atom is 0.264 e. The van der Waals surface area contributed by atoms with Crippen molar-refractivity contribution >= 4 is 33.1 Å². The van der Waals surface area contributed by atoms with Gasteiger partial charge in [0, 0.05) is 23.7 Å².